The zero-order chi connectivity index (χ0) is 19.7. The number of hydrogen-bond acceptors (Lipinski definition) is 5. The topological polar surface area (TPSA) is 112 Å². The fourth-order valence-corrected chi connectivity index (χ4v) is 3.10. The van der Waals surface area contributed by atoms with Gasteiger partial charge in [0.15, 0.2) is 0 Å². The van der Waals surface area contributed by atoms with Gasteiger partial charge in [0, 0.05) is 30.0 Å². The molecule has 4 aromatic rings. The quantitative estimate of drug-likeness (QED) is 0.429. The van der Waals surface area contributed by atoms with E-state index in [9.17, 15) is 4.79 Å². The first-order valence-corrected chi connectivity index (χ1v) is 9.05. The van der Waals surface area contributed by atoms with Crippen LogP contribution in [0.4, 0.5) is 5.82 Å². The minimum absolute atomic E-state index is 0.125. The van der Waals surface area contributed by atoms with Crippen LogP contribution in [0.25, 0.3) is 22.3 Å². The second-order valence-electron chi connectivity index (χ2n) is 7.38. The molecule has 0 bridgehead atoms. The van der Waals surface area contributed by atoms with Crippen molar-refractivity contribution in [3.05, 3.63) is 76.5 Å². The second-order valence-corrected chi connectivity index (χ2v) is 7.38. The number of nitrogens with two attached hydrogens (primary N) is 1. The van der Waals surface area contributed by atoms with E-state index in [1.165, 1.54) is 6.33 Å². The first-order chi connectivity index (χ1) is 13.4. The summed E-state index contributed by atoms with van der Waals surface area (Å²) in [5, 5.41) is 4.18. The summed E-state index contributed by atoms with van der Waals surface area (Å²) in [5.41, 5.74) is 10.4. The Kier molecular flexibility index (Phi) is 4.44. The van der Waals surface area contributed by atoms with E-state index < -0.39 is 0 Å². The van der Waals surface area contributed by atoms with Crippen molar-refractivity contribution in [2.45, 2.75) is 25.9 Å². The Bertz CT molecular complexity index is 1170. The van der Waals surface area contributed by atoms with Gasteiger partial charge in [-0.3, -0.25) is 4.79 Å². The van der Waals surface area contributed by atoms with Crippen LogP contribution >= 0.6 is 0 Å². The molecule has 3 heterocycles. The van der Waals surface area contributed by atoms with Crippen LogP contribution in [0.1, 0.15) is 25.0 Å². The van der Waals surface area contributed by atoms with Gasteiger partial charge in [-0.15, -0.1) is 0 Å². The predicted octanol–water partition coefficient (Wildman–Crippen LogP) is 3.12. The minimum atomic E-state index is -0.374. The highest BCUT2D eigenvalue weighted by atomic mass is 16.1. The van der Waals surface area contributed by atoms with Gasteiger partial charge in [0.05, 0.1) is 5.39 Å². The molecular weight excluding hydrogens is 352 g/mol. The molecule has 0 unspecified atom stereocenters. The molecule has 0 saturated carbocycles. The van der Waals surface area contributed by atoms with Crippen molar-refractivity contribution in [2.75, 3.05) is 5.32 Å². The first kappa shape index (κ1) is 17.9. The lowest BCUT2D eigenvalue weighted by atomic mass is 9.94. The van der Waals surface area contributed by atoms with Crippen LogP contribution in [0, 0.1) is 0 Å². The molecule has 0 spiro atoms. The number of benzene rings is 1. The molecule has 0 aliphatic heterocycles. The van der Waals surface area contributed by atoms with Gasteiger partial charge in [-0.2, -0.15) is 0 Å². The molecule has 4 rings (SSSR count). The van der Waals surface area contributed by atoms with Crippen molar-refractivity contribution in [3.8, 4) is 11.3 Å². The zero-order valence-electron chi connectivity index (χ0n) is 15.8. The third-order valence-electron chi connectivity index (χ3n) is 4.67. The number of hydrogen-bond donors (Lipinski definition) is 4. The Balaban J connectivity index is 1.62. The van der Waals surface area contributed by atoms with Gasteiger partial charge in [-0.05, 0) is 42.7 Å². The first-order valence-electron chi connectivity index (χ1n) is 9.05. The third kappa shape index (κ3) is 3.65. The molecule has 5 N–H and O–H groups in total. The molecule has 7 nitrogen and oxygen atoms in total. The van der Waals surface area contributed by atoms with Gasteiger partial charge in [-0.1, -0.05) is 24.3 Å². The molecule has 0 atom stereocenters. The summed E-state index contributed by atoms with van der Waals surface area (Å²) < 4.78 is 0. The van der Waals surface area contributed by atoms with Crippen molar-refractivity contribution < 1.29 is 0 Å². The molecule has 0 radical (unpaired) electrons. The molecule has 0 aliphatic rings. The van der Waals surface area contributed by atoms with Crippen LogP contribution in [-0.2, 0) is 12.1 Å². The van der Waals surface area contributed by atoms with Gasteiger partial charge in [0.2, 0.25) is 5.56 Å². The lowest BCUT2D eigenvalue weighted by Crippen LogP contribution is -2.28. The largest absolute Gasteiger partial charge is 0.365 e. The van der Waals surface area contributed by atoms with Crippen molar-refractivity contribution in [2.24, 2.45) is 5.73 Å². The maximum absolute atomic E-state index is 11.4. The van der Waals surface area contributed by atoms with Crippen LogP contribution in [0.2, 0.25) is 0 Å². The average Bonchev–Trinajstić information content (AvgIpc) is 3.11. The Morgan fingerprint density at radius 2 is 1.89 bits per heavy atom. The Labute approximate surface area is 162 Å². The van der Waals surface area contributed by atoms with E-state index in [1.807, 2.05) is 50.2 Å². The summed E-state index contributed by atoms with van der Waals surface area (Å²) >= 11 is 0. The number of rotatable bonds is 5. The van der Waals surface area contributed by atoms with Gasteiger partial charge in [0.1, 0.15) is 17.8 Å². The minimum Gasteiger partial charge on any atom is -0.365 e. The highest BCUT2D eigenvalue weighted by Crippen LogP contribution is 2.28. The highest BCUT2D eigenvalue weighted by Gasteiger charge is 2.14. The van der Waals surface area contributed by atoms with Crippen molar-refractivity contribution in [1.82, 2.24) is 19.9 Å². The number of aromatic nitrogens is 4. The molecule has 0 saturated heterocycles. The van der Waals surface area contributed by atoms with E-state index in [2.05, 4.69) is 25.3 Å². The summed E-state index contributed by atoms with van der Waals surface area (Å²) in [4.78, 5) is 26.1. The van der Waals surface area contributed by atoms with E-state index in [0.717, 1.165) is 33.4 Å². The average molecular weight is 374 g/mol. The molecule has 28 heavy (non-hydrogen) atoms. The van der Waals surface area contributed by atoms with Crippen molar-refractivity contribution in [1.29, 1.82) is 0 Å². The summed E-state index contributed by atoms with van der Waals surface area (Å²) in [6.45, 7) is 4.47. The van der Waals surface area contributed by atoms with Crippen LogP contribution in [0.5, 0.6) is 0 Å². The van der Waals surface area contributed by atoms with Crippen molar-refractivity contribution >= 4 is 16.9 Å². The van der Waals surface area contributed by atoms with Crippen molar-refractivity contribution in [3.63, 3.8) is 0 Å². The number of aromatic amines is 2. The van der Waals surface area contributed by atoms with Crippen LogP contribution in [0.3, 0.4) is 0 Å². The molecule has 142 valence electrons. The normalized spacial score (nSPS) is 11.7. The van der Waals surface area contributed by atoms with Gasteiger partial charge < -0.3 is 21.0 Å². The number of pyridine rings is 1. The maximum atomic E-state index is 11.4. The molecule has 7 heteroatoms. The number of fused-ring (bicyclic) bond motifs is 1. The Morgan fingerprint density at radius 3 is 2.61 bits per heavy atom. The Morgan fingerprint density at radius 1 is 1.11 bits per heavy atom. The number of H-pyrrole nitrogens is 2. The molecule has 3 aromatic heterocycles. The standard InChI is InChI=1S/C21H22N6O/c1-21(2,22)15-5-3-14(4-6-15)17-10-16-19(25-12-26-20(16)27-17)24-11-13-7-8-23-18(28)9-13/h3-10,12H,11,22H2,1-2H3,(H,23,28)(H2,24,25,26,27). The molecule has 0 fully saturated rings. The summed E-state index contributed by atoms with van der Waals surface area (Å²) in [6, 6.07) is 13.6. The van der Waals surface area contributed by atoms with E-state index in [-0.39, 0.29) is 11.1 Å². The smallest absolute Gasteiger partial charge is 0.248 e. The van der Waals surface area contributed by atoms with Gasteiger partial charge in [-0.25, -0.2) is 9.97 Å². The molecular formula is C21H22N6O. The lowest BCUT2D eigenvalue weighted by molar-refractivity contribution is 0.554. The second kappa shape index (κ2) is 6.94. The molecule has 0 aliphatic carbocycles. The molecule has 0 amide bonds. The summed E-state index contributed by atoms with van der Waals surface area (Å²) in [6.07, 6.45) is 3.15. The SMILES string of the molecule is CC(C)(N)c1ccc(-c2cc3c(NCc4cc[nH]c(=O)c4)ncnc3[nH]2)cc1. The number of nitrogens with zero attached hydrogens (tertiary/aromatic N) is 2. The number of anilines is 1. The fourth-order valence-electron chi connectivity index (χ4n) is 3.10. The fraction of sp³-hybridized carbons (Fsp3) is 0.190. The van der Waals surface area contributed by atoms with Gasteiger partial charge in [0.25, 0.3) is 0 Å². The zero-order valence-corrected chi connectivity index (χ0v) is 15.8. The number of nitrogens with one attached hydrogen (secondary N) is 3. The monoisotopic (exact) mass is 374 g/mol. The summed E-state index contributed by atoms with van der Waals surface area (Å²) in [5.74, 6) is 0.715. The van der Waals surface area contributed by atoms with Crippen LogP contribution < -0.4 is 16.6 Å². The third-order valence-corrected chi connectivity index (χ3v) is 4.67. The maximum Gasteiger partial charge on any atom is 0.248 e. The van der Waals surface area contributed by atoms with E-state index in [4.69, 9.17) is 5.73 Å². The van der Waals surface area contributed by atoms with Gasteiger partial charge >= 0.3 is 0 Å². The van der Waals surface area contributed by atoms with Crippen LogP contribution in [-0.4, -0.2) is 19.9 Å². The predicted molar refractivity (Wildman–Crippen MR) is 111 cm³/mol. The molecule has 1 aromatic carbocycles. The Hall–Kier alpha value is -3.45. The van der Waals surface area contributed by atoms with Crippen LogP contribution in [0.15, 0.2) is 59.8 Å². The van der Waals surface area contributed by atoms with E-state index in [1.54, 1.807) is 12.3 Å². The van der Waals surface area contributed by atoms with E-state index >= 15 is 0 Å². The van der Waals surface area contributed by atoms with E-state index in [0.29, 0.717) is 12.4 Å². The summed E-state index contributed by atoms with van der Waals surface area (Å²) in [7, 11) is 0. The lowest BCUT2D eigenvalue weighted by Gasteiger charge is -2.19. The highest BCUT2D eigenvalue weighted by molar-refractivity contribution is 5.91.